The summed E-state index contributed by atoms with van der Waals surface area (Å²) in [6, 6.07) is 1.17. The smallest absolute Gasteiger partial charge is 0.317 e. The van der Waals surface area contributed by atoms with Gasteiger partial charge in [0.2, 0.25) is 0 Å². The Morgan fingerprint density at radius 3 is 2.37 bits per heavy atom. The van der Waals surface area contributed by atoms with Gasteiger partial charge in [-0.05, 0) is 29.9 Å². The molecule has 2 heterocycles. The van der Waals surface area contributed by atoms with Crippen LogP contribution < -0.4 is 0 Å². The van der Waals surface area contributed by atoms with Crippen molar-refractivity contribution in [3.8, 4) is 11.5 Å². The van der Waals surface area contributed by atoms with Gasteiger partial charge in [-0.2, -0.15) is 8.78 Å². The highest BCUT2D eigenvalue weighted by molar-refractivity contribution is 7.91. The van der Waals surface area contributed by atoms with Crippen LogP contribution in [0, 0.1) is 0 Å². The van der Waals surface area contributed by atoms with Gasteiger partial charge in [0.1, 0.15) is 17.3 Å². The molecule has 2 aromatic heterocycles. The van der Waals surface area contributed by atoms with E-state index in [1.165, 1.54) is 26.2 Å². The van der Waals surface area contributed by atoms with E-state index in [0.29, 0.717) is 0 Å². The third-order valence-corrected chi connectivity index (χ3v) is 7.55. The van der Waals surface area contributed by atoms with Crippen molar-refractivity contribution in [3.05, 3.63) is 59.6 Å². The second-order valence-electron chi connectivity index (χ2n) is 8.26. The number of allylic oxidation sites excluding steroid dienone is 6. The summed E-state index contributed by atoms with van der Waals surface area (Å²) in [6.45, 7) is 2.40. The van der Waals surface area contributed by atoms with Gasteiger partial charge >= 0.3 is 11.8 Å². The molecule has 0 aromatic carbocycles. The van der Waals surface area contributed by atoms with E-state index in [1.54, 1.807) is 0 Å². The number of sulfone groups is 1. The van der Waals surface area contributed by atoms with E-state index >= 15 is 0 Å². The van der Waals surface area contributed by atoms with Gasteiger partial charge in [0.05, 0.1) is 16.6 Å². The van der Waals surface area contributed by atoms with Crippen LogP contribution in [0.5, 0.6) is 0 Å². The number of imidazole rings is 1. The maximum Gasteiger partial charge on any atom is 0.317 e. The molecule has 0 amide bonds. The lowest BCUT2D eigenvalue weighted by Gasteiger charge is -2.29. The zero-order valence-electron chi connectivity index (χ0n) is 19.3. The summed E-state index contributed by atoms with van der Waals surface area (Å²) in [7, 11) is -2.71. The standard InChI is InChI=1S/C23H23F6N3O2S/c1-5-35(33,34)19-10-15(14-8-16(24)6-7-17(25)9-14)11-30-20(19)21-31-12-18(32(21)4)13(2)23(28,29)22(3,26)27/h6,8-13H,5,7H2,1-4H3. The van der Waals surface area contributed by atoms with Crippen LogP contribution in [-0.4, -0.2) is 40.6 Å². The van der Waals surface area contributed by atoms with Crippen LogP contribution in [0.1, 0.15) is 44.4 Å². The molecule has 0 fully saturated rings. The summed E-state index contributed by atoms with van der Waals surface area (Å²) >= 11 is 0. The Hall–Kier alpha value is -2.89. The topological polar surface area (TPSA) is 64.8 Å². The predicted molar refractivity (Wildman–Crippen MR) is 119 cm³/mol. The molecule has 190 valence electrons. The molecular weight excluding hydrogens is 496 g/mol. The number of halogens is 6. The van der Waals surface area contributed by atoms with Gasteiger partial charge in [0.15, 0.2) is 15.7 Å². The van der Waals surface area contributed by atoms with Gasteiger partial charge in [0.25, 0.3) is 0 Å². The van der Waals surface area contributed by atoms with Crippen LogP contribution in [0.15, 0.2) is 53.2 Å². The molecule has 0 N–H and O–H groups in total. The zero-order valence-corrected chi connectivity index (χ0v) is 20.1. The minimum absolute atomic E-state index is 0.0410. The second-order valence-corrected chi connectivity index (χ2v) is 10.5. The second kappa shape index (κ2) is 9.29. The Bertz CT molecular complexity index is 1340. The highest BCUT2D eigenvalue weighted by atomic mass is 32.2. The fraction of sp³-hybridized carbons (Fsp3) is 0.391. The molecule has 0 saturated carbocycles. The van der Waals surface area contributed by atoms with Crippen LogP contribution in [0.25, 0.3) is 17.1 Å². The average molecular weight is 520 g/mol. The van der Waals surface area contributed by atoms with Crippen molar-refractivity contribution in [2.75, 3.05) is 5.75 Å². The van der Waals surface area contributed by atoms with Gasteiger partial charge in [-0.1, -0.05) is 13.8 Å². The molecular formula is C23H23F6N3O2S. The van der Waals surface area contributed by atoms with Crippen molar-refractivity contribution in [1.29, 1.82) is 0 Å². The molecule has 3 rings (SSSR count). The predicted octanol–water partition coefficient (Wildman–Crippen LogP) is 6.16. The first kappa shape index (κ1) is 26.7. The molecule has 0 radical (unpaired) electrons. The fourth-order valence-electron chi connectivity index (χ4n) is 3.61. The van der Waals surface area contributed by atoms with E-state index in [4.69, 9.17) is 0 Å². The molecule has 1 aliphatic carbocycles. The van der Waals surface area contributed by atoms with E-state index in [9.17, 15) is 34.8 Å². The van der Waals surface area contributed by atoms with Crippen molar-refractivity contribution in [2.24, 2.45) is 7.05 Å². The molecule has 5 nitrogen and oxygen atoms in total. The summed E-state index contributed by atoms with van der Waals surface area (Å²) < 4.78 is 110. The molecule has 1 unspecified atom stereocenters. The summed E-state index contributed by atoms with van der Waals surface area (Å²) in [5.41, 5.74) is -0.334. The Balaban J connectivity index is 2.19. The lowest BCUT2D eigenvalue weighted by molar-refractivity contribution is -0.209. The highest BCUT2D eigenvalue weighted by Crippen LogP contribution is 2.45. The zero-order chi connectivity index (χ0) is 26.3. The van der Waals surface area contributed by atoms with E-state index in [2.05, 4.69) is 9.97 Å². The lowest BCUT2D eigenvalue weighted by Crippen LogP contribution is -2.42. The first-order chi connectivity index (χ1) is 16.1. The van der Waals surface area contributed by atoms with E-state index in [-0.39, 0.29) is 52.3 Å². The molecule has 1 aliphatic rings. The van der Waals surface area contributed by atoms with Gasteiger partial charge < -0.3 is 4.57 Å². The third-order valence-electron chi connectivity index (χ3n) is 5.81. The van der Waals surface area contributed by atoms with Crippen molar-refractivity contribution in [1.82, 2.24) is 14.5 Å². The monoisotopic (exact) mass is 519 g/mol. The van der Waals surface area contributed by atoms with Crippen molar-refractivity contribution < 1.29 is 34.8 Å². The normalized spacial score (nSPS) is 16.3. The van der Waals surface area contributed by atoms with Gasteiger partial charge in [-0.25, -0.2) is 31.0 Å². The number of hydrogen-bond acceptors (Lipinski definition) is 4. The maximum absolute atomic E-state index is 14.3. The highest BCUT2D eigenvalue weighted by Gasteiger charge is 2.57. The largest absolute Gasteiger partial charge is 0.329 e. The summed E-state index contributed by atoms with van der Waals surface area (Å²) in [5.74, 6) is -12.6. The van der Waals surface area contributed by atoms with Crippen LogP contribution in [-0.2, 0) is 16.9 Å². The Morgan fingerprint density at radius 1 is 1.11 bits per heavy atom. The van der Waals surface area contributed by atoms with E-state index in [0.717, 1.165) is 35.9 Å². The SMILES string of the molecule is CCS(=O)(=O)c1cc(C2=CC(F)=CCC(F)=C2)cnc1-c1ncc(C(C)C(F)(F)C(C)(F)F)n1C. The fourth-order valence-corrected chi connectivity index (χ4v) is 4.67. The number of pyridine rings is 1. The van der Waals surface area contributed by atoms with Crippen molar-refractivity contribution >= 4 is 15.4 Å². The number of aromatic nitrogens is 3. The van der Waals surface area contributed by atoms with Crippen LogP contribution in [0.4, 0.5) is 26.3 Å². The van der Waals surface area contributed by atoms with E-state index in [1.807, 2.05) is 0 Å². The number of hydrogen-bond donors (Lipinski definition) is 0. The van der Waals surface area contributed by atoms with Crippen LogP contribution in [0.2, 0.25) is 0 Å². The van der Waals surface area contributed by atoms with Crippen molar-refractivity contribution in [3.63, 3.8) is 0 Å². The first-order valence-electron chi connectivity index (χ1n) is 10.5. The minimum atomic E-state index is -4.41. The summed E-state index contributed by atoms with van der Waals surface area (Å²) in [6.07, 6.45) is 4.97. The summed E-state index contributed by atoms with van der Waals surface area (Å²) in [4.78, 5) is 7.78. The van der Waals surface area contributed by atoms with E-state index < -0.39 is 39.3 Å². The molecule has 2 aromatic rings. The quantitative estimate of drug-likeness (QED) is 0.411. The van der Waals surface area contributed by atoms with Gasteiger partial charge in [-0.15, -0.1) is 0 Å². The Labute approximate surface area is 198 Å². The van der Waals surface area contributed by atoms with Crippen LogP contribution >= 0.6 is 0 Å². The third kappa shape index (κ3) is 5.07. The lowest BCUT2D eigenvalue weighted by atomic mass is 9.95. The first-order valence-corrected chi connectivity index (χ1v) is 12.2. The van der Waals surface area contributed by atoms with Gasteiger partial charge in [-0.3, -0.25) is 4.98 Å². The molecule has 35 heavy (non-hydrogen) atoms. The number of rotatable bonds is 7. The molecule has 1 atom stereocenters. The molecule has 0 bridgehead atoms. The van der Waals surface area contributed by atoms with Gasteiger partial charge in [0, 0.05) is 44.0 Å². The van der Waals surface area contributed by atoms with Crippen LogP contribution in [0.3, 0.4) is 0 Å². The minimum Gasteiger partial charge on any atom is -0.329 e. The molecule has 0 aliphatic heterocycles. The number of alkyl halides is 4. The maximum atomic E-state index is 14.3. The molecule has 0 saturated heterocycles. The Kier molecular flexibility index (Phi) is 7.09. The number of nitrogens with zero attached hydrogens (tertiary/aromatic N) is 3. The molecule has 0 spiro atoms. The average Bonchev–Trinajstić information content (AvgIpc) is 3.07. The Morgan fingerprint density at radius 2 is 1.77 bits per heavy atom. The van der Waals surface area contributed by atoms with Crippen molar-refractivity contribution in [2.45, 2.75) is 49.9 Å². The summed E-state index contributed by atoms with van der Waals surface area (Å²) in [5, 5.41) is 0. The molecule has 12 heteroatoms.